The van der Waals surface area contributed by atoms with Gasteiger partial charge in [-0.2, -0.15) is 4.39 Å². The number of aromatic nitrogens is 1. The minimum atomic E-state index is -0.781. The fourth-order valence-electron chi connectivity index (χ4n) is 1.55. The molecule has 1 aromatic carbocycles. The Morgan fingerprint density at radius 2 is 1.88 bits per heavy atom. The van der Waals surface area contributed by atoms with Gasteiger partial charge in [0, 0.05) is 17.3 Å². The van der Waals surface area contributed by atoms with Crippen molar-refractivity contribution in [2.24, 2.45) is 0 Å². The maximum atomic E-state index is 13.5. The van der Waals surface area contributed by atoms with Crippen LogP contribution in [-0.4, -0.2) is 10.1 Å². The Balaban J connectivity index is 2.68. The predicted molar refractivity (Wildman–Crippen MR) is 55.5 cm³/mol. The molecule has 0 saturated heterocycles. The SMILES string of the molecule is OCc1ccnc(F)c1-c1ccccc1F. The average molecular weight is 221 g/mol. The number of benzene rings is 1. The third-order valence-electron chi connectivity index (χ3n) is 2.30. The molecular formula is C12H9F2NO. The molecule has 2 aromatic rings. The molecule has 0 amide bonds. The van der Waals surface area contributed by atoms with Gasteiger partial charge in [-0.1, -0.05) is 18.2 Å². The van der Waals surface area contributed by atoms with Crippen LogP contribution < -0.4 is 0 Å². The van der Waals surface area contributed by atoms with Crippen molar-refractivity contribution in [1.82, 2.24) is 4.98 Å². The van der Waals surface area contributed by atoms with Gasteiger partial charge >= 0.3 is 0 Å². The van der Waals surface area contributed by atoms with Crippen LogP contribution in [0.3, 0.4) is 0 Å². The lowest BCUT2D eigenvalue weighted by Gasteiger charge is -2.08. The van der Waals surface area contributed by atoms with Crippen molar-refractivity contribution in [3.63, 3.8) is 0 Å². The Labute approximate surface area is 91.2 Å². The highest BCUT2D eigenvalue weighted by molar-refractivity contribution is 5.67. The maximum Gasteiger partial charge on any atom is 0.221 e. The van der Waals surface area contributed by atoms with E-state index in [1.807, 2.05) is 0 Å². The second-order valence-electron chi connectivity index (χ2n) is 3.27. The molecule has 16 heavy (non-hydrogen) atoms. The number of rotatable bonds is 2. The first-order valence-corrected chi connectivity index (χ1v) is 4.73. The highest BCUT2D eigenvalue weighted by Gasteiger charge is 2.14. The van der Waals surface area contributed by atoms with Crippen LogP contribution in [0.25, 0.3) is 11.1 Å². The van der Waals surface area contributed by atoms with Crippen molar-refractivity contribution in [1.29, 1.82) is 0 Å². The van der Waals surface area contributed by atoms with E-state index in [4.69, 9.17) is 5.11 Å². The summed E-state index contributed by atoms with van der Waals surface area (Å²) in [6, 6.07) is 7.28. The summed E-state index contributed by atoms with van der Waals surface area (Å²) in [5, 5.41) is 9.08. The van der Waals surface area contributed by atoms with E-state index in [0.717, 1.165) is 0 Å². The number of halogens is 2. The van der Waals surface area contributed by atoms with E-state index in [0.29, 0.717) is 5.56 Å². The van der Waals surface area contributed by atoms with Crippen molar-refractivity contribution in [2.45, 2.75) is 6.61 Å². The zero-order valence-corrected chi connectivity index (χ0v) is 8.32. The van der Waals surface area contributed by atoms with E-state index in [-0.39, 0.29) is 17.7 Å². The first kappa shape index (κ1) is 10.7. The minimum Gasteiger partial charge on any atom is -0.392 e. The summed E-state index contributed by atoms with van der Waals surface area (Å²) >= 11 is 0. The number of aliphatic hydroxyl groups excluding tert-OH is 1. The molecule has 82 valence electrons. The summed E-state index contributed by atoms with van der Waals surface area (Å²) in [6.07, 6.45) is 1.24. The van der Waals surface area contributed by atoms with E-state index < -0.39 is 11.8 Å². The molecule has 0 unspecified atom stereocenters. The number of nitrogens with zero attached hydrogens (tertiary/aromatic N) is 1. The van der Waals surface area contributed by atoms with Gasteiger partial charge in [-0.05, 0) is 17.7 Å². The summed E-state index contributed by atoms with van der Waals surface area (Å²) in [6.45, 7) is -0.358. The van der Waals surface area contributed by atoms with E-state index in [2.05, 4.69) is 4.98 Å². The zero-order valence-electron chi connectivity index (χ0n) is 8.32. The molecule has 1 heterocycles. The molecule has 1 aromatic heterocycles. The van der Waals surface area contributed by atoms with Crippen LogP contribution in [0.1, 0.15) is 5.56 Å². The molecule has 2 rings (SSSR count). The van der Waals surface area contributed by atoms with Crippen LogP contribution in [0.4, 0.5) is 8.78 Å². The minimum absolute atomic E-state index is 0.0168. The number of hydrogen-bond acceptors (Lipinski definition) is 2. The van der Waals surface area contributed by atoms with Crippen LogP contribution in [-0.2, 0) is 6.61 Å². The largest absolute Gasteiger partial charge is 0.392 e. The molecule has 0 atom stereocenters. The molecule has 0 aliphatic heterocycles. The first-order chi connectivity index (χ1) is 7.74. The lowest BCUT2D eigenvalue weighted by atomic mass is 10.0. The van der Waals surface area contributed by atoms with Gasteiger partial charge < -0.3 is 5.11 Å². The molecule has 0 radical (unpaired) electrons. The Hall–Kier alpha value is -1.81. The Morgan fingerprint density at radius 1 is 1.12 bits per heavy atom. The molecule has 0 bridgehead atoms. The predicted octanol–water partition coefficient (Wildman–Crippen LogP) is 2.52. The third kappa shape index (κ3) is 1.79. The molecule has 0 aliphatic carbocycles. The maximum absolute atomic E-state index is 13.5. The average Bonchev–Trinajstić information content (AvgIpc) is 2.30. The monoisotopic (exact) mass is 221 g/mol. The Bertz CT molecular complexity index is 514. The number of aliphatic hydroxyl groups is 1. The van der Waals surface area contributed by atoms with Gasteiger partial charge in [-0.3, -0.25) is 0 Å². The van der Waals surface area contributed by atoms with Crippen LogP contribution >= 0.6 is 0 Å². The van der Waals surface area contributed by atoms with E-state index in [1.54, 1.807) is 6.07 Å². The van der Waals surface area contributed by atoms with Gasteiger partial charge in [-0.25, -0.2) is 9.37 Å². The van der Waals surface area contributed by atoms with Gasteiger partial charge in [0.05, 0.1) is 6.61 Å². The molecule has 1 N–H and O–H groups in total. The Kier molecular flexibility index (Phi) is 2.92. The van der Waals surface area contributed by atoms with E-state index in [1.165, 1.54) is 30.5 Å². The molecule has 0 fully saturated rings. The fourth-order valence-corrected chi connectivity index (χ4v) is 1.55. The van der Waals surface area contributed by atoms with Crippen molar-refractivity contribution in [2.75, 3.05) is 0 Å². The number of hydrogen-bond donors (Lipinski definition) is 1. The second-order valence-corrected chi connectivity index (χ2v) is 3.27. The van der Waals surface area contributed by atoms with Gasteiger partial charge in [0.25, 0.3) is 0 Å². The van der Waals surface area contributed by atoms with Crippen LogP contribution in [0.15, 0.2) is 36.5 Å². The zero-order chi connectivity index (χ0) is 11.5. The quantitative estimate of drug-likeness (QED) is 0.790. The molecule has 0 saturated carbocycles. The smallest absolute Gasteiger partial charge is 0.221 e. The van der Waals surface area contributed by atoms with Crippen LogP contribution in [0.5, 0.6) is 0 Å². The highest BCUT2D eigenvalue weighted by Crippen LogP contribution is 2.27. The fraction of sp³-hybridized carbons (Fsp3) is 0.0833. The van der Waals surface area contributed by atoms with Crippen molar-refractivity contribution < 1.29 is 13.9 Å². The first-order valence-electron chi connectivity index (χ1n) is 4.73. The van der Waals surface area contributed by atoms with E-state index in [9.17, 15) is 8.78 Å². The standard InChI is InChI=1S/C12H9F2NO/c13-10-4-2-1-3-9(10)11-8(7-16)5-6-15-12(11)14/h1-6,16H,7H2. The van der Waals surface area contributed by atoms with Crippen molar-refractivity contribution in [3.05, 3.63) is 53.9 Å². The molecular weight excluding hydrogens is 212 g/mol. The summed E-state index contributed by atoms with van der Waals surface area (Å²) in [4.78, 5) is 3.46. The van der Waals surface area contributed by atoms with Gasteiger partial charge in [0.1, 0.15) is 5.82 Å². The molecule has 0 spiro atoms. The lowest BCUT2D eigenvalue weighted by Crippen LogP contribution is -1.97. The summed E-state index contributed by atoms with van der Waals surface area (Å²) in [7, 11) is 0. The van der Waals surface area contributed by atoms with Crippen molar-refractivity contribution in [3.8, 4) is 11.1 Å². The van der Waals surface area contributed by atoms with E-state index >= 15 is 0 Å². The lowest BCUT2D eigenvalue weighted by molar-refractivity contribution is 0.281. The summed E-state index contributed by atoms with van der Waals surface area (Å²) in [5.41, 5.74) is 0.442. The molecule has 2 nitrogen and oxygen atoms in total. The van der Waals surface area contributed by atoms with Crippen LogP contribution in [0, 0.1) is 11.8 Å². The highest BCUT2D eigenvalue weighted by atomic mass is 19.1. The van der Waals surface area contributed by atoms with Gasteiger partial charge in [0.15, 0.2) is 0 Å². The topological polar surface area (TPSA) is 33.1 Å². The van der Waals surface area contributed by atoms with Gasteiger partial charge in [-0.15, -0.1) is 0 Å². The second kappa shape index (κ2) is 4.37. The van der Waals surface area contributed by atoms with Gasteiger partial charge in [0.2, 0.25) is 5.95 Å². The summed E-state index contributed by atoms with van der Waals surface area (Å²) in [5.74, 6) is -1.32. The number of pyridine rings is 1. The van der Waals surface area contributed by atoms with Crippen molar-refractivity contribution >= 4 is 0 Å². The Morgan fingerprint density at radius 3 is 2.56 bits per heavy atom. The third-order valence-corrected chi connectivity index (χ3v) is 2.30. The van der Waals surface area contributed by atoms with Crippen LogP contribution in [0.2, 0.25) is 0 Å². The summed E-state index contributed by atoms with van der Waals surface area (Å²) < 4.78 is 27.0. The normalized spacial score (nSPS) is 10.4. The molecule has 4 heteroatoms. The molecule has 0 aliphatic rings.